The van der Waals surface area contributed by atoms with Crippen LogP contribution in [0.2, 0.25) is 0 Å². The predicted octanol–water partition coefficient (Wildman–Crippen LogP) is 2.80. The number of phenolic OH excluding ortho intramolecular Hbond substituents is 1. The molecular formula is C11H10FNO2. The van der Waals surface area contributed by atoms with Crippen LogP contribution in [0.4, 0.5) is 4.39 Å². The number of hydrogen-bond acceptors (Lipinski definition) is 3. The lowest BCUT2D eigenvalue weighted by Gasteiger charge is -2.01. The molecule has 0 amide bonds. The summed E-state index contributed by atoms with van der Waals surface area (Å²) in [5.74, 6) is 0.0208. The summed E-state index contributed by atoms with van der Waals surface area (Å²) in [6, 6.07) is 3.88. The van der Waals surface area contributed by atoms with Crippen LogP contribution in [0.5, 0.6) is 5.75 Å². The van der Waals surface area contributed by atoms with Gasteiger partial charge in [0.15, 0.2) is 0 Å². The maximum Gasteiger partial charge on any atom is 0.141 e. The van der Waals surface area contributed by atoms with Gasteiger partial charge in [-0.05, 0) is 31.5 Å². The van der Waals surface area contributed by atoms with E-state index < -0.39 is 5.82 Å². The molecule has 1 aromatic carbocycles. The largest absolute Gasteiger partial charge is 0.508 e. The average Bonchev–Trinajstić information content (AvgIpc) is 2.44. The number of hydrogen-bond donors (Lipinski definition) is 1. The van der Waals surface area contributed by atoms with Crippen LogP contribution in [-0.4, -0.2) is 10.3 Å². The molecule has 15 heavy (non-hydrogen) atoms. The number of rotatable bonds is 1. The Kier molecular flexibility index (Phi) is 2.19. The fraction of sp³-hybridized carbons (Fsp3) is 0.182. The van der Waals surface area contributed by atoms with E-state index in [2.05, 4.69) is 5.16 Å². The monoisotopic (exact) mass is 207 g/mol. The zero-order chi connectivity index (χ0) is 11.0. The number of nitrogens with zero attached hydrogens (tertiary/aromatic N) is 1. The first-order valence-electron chi connectivity index (χ1n) is 4.50. The standard InChI is InChI=1S/C11H10FNO2/c1-6-11(7(2)15-13-6)8-3-9(12)5-10(14)4-8/h3-5,14H,1-2H3. The maximum atomic E-state index is 13.1. The molecular weight excluding hydrogens is 197 g/mol. The molecule has 0 bridgehead atoms. The van der Waals surface area contributed by atoms with Gasteiger partial charge in [-0.2, -0.15) is 0 Å². The first-order chi connectivity index (χ1) is 7.08. The third-order valence-corrected chi connectivity index (χ3v) is 2.20. The fourth-order valence-corrected chi connectivity index (χ4v) is 1.61. The third kappa shape index (κ3) is 1.70. The van der Waals surface area contributed by atoms with Crippen molar-refractivity contribution < 1.29 is 14.0 Å². The van der Waals surface area contributed by atoms with Crippen LogP contribution in [0.25, 0.3) is 11.1 Å². The fourth-order valence-electron chi connectivity index (χ4n) is 1.61. The molecule has 0 atom stereocenters. The number of aromatic nitrogens is 1. The first-order valence-corrected chi connectivity index (χ1v) is 4.50. The van der Waals surface area contributed by atoms with Crippen LogP contribution < -0.4 is 0 Å². The Morgan fingerprint density at radius 1 is 1.27 bits per heavy atom. The van der Waals surface area contributed by atoms with E-state index in [0.717, 1.165) is 11.6 Å². The summed E-state index contributed by atoms with van der Waals surface area (Å²) in [7, 11) is 0. The molecule has 1 aromatic heterocycles. The quantitative estimate of drug-likeness (QED) is 0.782. The van der Waals surface area contributed by atoms with E-state index in [1.807, 2.05) is 0 Å². The summed E-state index contributed by atoms with van der Waals surface area (Å²) in [5, 5.41) is 13.1. The molecule has 0 saturated heterocycles. The van der Waals surface area contributed by atoms with Gasteiger partial charge in [-0.1, -0.05) is 5.16 Å². The Balaban J connectivity index is 2.63. The number of halogens is 1. The van der Waals surface area contributed by atoms with E-state index in [0.29, 0.717) is 17.0 Å². The zero-order valence-electron chi connectivity index (χ0n) is 8.41. The summed E-state index contributed by atoms with van der Waals surface area (Å²) in [6.45, 7) is 3.52. The van der Waals surface area contributed by atoms with Gasteiger partial charge >= 0.3 is 0 Å². The van der Waals surface area contributed by atoms with Gasteiger partial charge in [-0.3, -0.25) is 0 Å². The molecule has 0 fully saturated rings. The molecule has 1 N–H and O–H groups in total. The number of benzene rings is 1. The van der Waals surface area contributed by atoms with Crippen molar-refractivity contribution in [2.24, 2.45) is 0 Å². The minimum atomic E-state index is -0.481. The van der Waals surface area contributed by atoms with Crippen molar-refractivity contribution in [1.82, 2.24) is 5.16 Å². The van der Waals surface area contributed by atoms with Gasteiger partial charge in [0.1, 0.15) is 17.3 Å². The third-order valence-electron chi connectivity index (χ3n) is 2.20. The van der Waals surface area contributed by atoms with Gasteiger partial charge in [0.25, 0.3) is 0 Å². The highest BCUT2D eigenvalue weighted by Gasteiger charge is 2.12. The zero-order valence-corrected chi connectivity index (χ0v) is 8.41. The van der Waals surface area contributed by atoms with Gasteiger partial charge in [-0.25, -0.2) is 4.39 Å². The first kappa shape index (κ1) is 9.71. The molecule has 1 heterocycles. The molecule has 0 aliphatic heterocycles. The van der Waals surface area contributed by atoms with Gasteiger partial charge in [0.05, 0.1) is 5.69 Å². The molecule has 0 aliphatic rings. The molecule has 0 saturated carbocycles. The van der Waals surface area contributed by atoms with Crippen LogP contribution in [0, 0.1) is 19.7 Å². The van der Waals surface area contributed by atoms with Crippen LogP contribution in [0.1, 0.15) is 11.5 Å². The molecule has 78 valence electrons. The van der Waals surface area contributed by atoms with Gasteiger partial charge in [-0.15, -0.1) is 0 Å². The highest BCUT2D eigenvalue weighted by Crippen LogP contribution is 2.29. The lowest BCUT2D eigenvalue weighted by atomic mass is 10.0. The van der Waals surface area contributed by atoms with Crippen molar-refractivity contribution in [2.75, 3.05) is 0 Å². The van der Waals surface area contributed by atoms with Crippen LogP contribution in [-0.2, 0) is 0 Å². The minimum Gasteiger partial charge on any atom is -0.508 e. The van der Waals surface area contributed by atoms with E-state index in [1.165, 1.54) is 12.1 Å². The second kappa shape index (κ2) is 3.38. The summed E-state index contributed by atoms with van der Waals surface area (Å²) in [4.78, 5) is 0. The van der Waals surface area contributed by atoms with Crippen molar-refractivity contribution in [3.05, 3.63) is 35.5 Å². The molecule has 0 spiro atoms. The van der Waals surface area contributed by atoms with Gasteiger partial charge in [0.2, 0.25) is 0 Å². The Morgan fingerprint density at radius 2 is 2.00 bits per heavy atom. The highest BCUT2D eigenvalue weighted by atomic mass is 19.1. The SMILES string of the molecule is Cc1noc(C)c1-c1cc(O)cc(F)c1. The van der Waals surface area contributed by atoms with Crippen LogP contribution >= 0.6 is 0 Å². The Bertz CT molecular complexity index is 466. The summed E-state index contributed by atoms with van der Waals surface area (Å²) < 4.78 is 18.0. The number of aryl methyl sites for hydroxylation is 2. The maximum absolute atomic E-state index is 13.1. The topological polar surface area (TPSA) is 46.3 Å². The second-order valence-corrected chi connectivity index (χ2v) is 3.40. The Hall–Kier alpha value is -1.84. The van der Waals surface area contributed by atoms with Crippen LogP contribution in [0.15, 0.2) is 22.7 Å². The molecule has 0 unspecified atom stereocenters. The number of phenols is 1. The smallest absolute Gasteiger partial charge is 0.141 e. The van der Waals surface area contributed by atoms with E-state index in [-0.39, 0.29) is 5.75 Å². The summed E-state index contributed by atoms with van der Waals surface area (Å²) in [6.07, 6.45) is 0. The van der Waals surface area contributed by atoms with Crippen molar-refractivity contribution in [3.8, 4) is 16.9 Å². The Labute approximate surface area is 86.1 Å². The van der Waals surface area contributed by atoms with E-state index >= 15 is 0 Å². The van der Waals surface area contributed by atoms with Crippen molar-refractivity contribution in [2.45, 2.75) is 13.8 Å². The minimum absolute atomic E-state index is 0.106. The van der Waals surface area contributed by atoms with Crippen molar-refractivity contribution in [3.63, 3.8) is 0 Å². The van der Waals surface area contributed by atoms with Crippen molar-refractivity contribution in [1.29, 1.82) is 0 Å². The van der Waals surface area contributed by atoms with Crippen LogP contribution in [0.3, 0.4) is 0 Å². The lowest BCUT2D eigenvalue weighted by molar-refractivity contribution is 0.393. The molecule has 2 rings (SSSR count). The predicted molar refractivity (Wildman–Crippen MR) is 53.0 cm³/mol. The van der Waals surface area contributed by atoms with E-state index in [1.54, 1.807) is 13.8 Å². The molecule has 3 nitrogen and oxygen atoms in total. The van der Waals surface area contributed by atoms with Gasteiger partial charge < -0.3 is 9.63 Å². The number of aromatic hydroxyl groups is 1. The molecule has 4 heteroatoms. The lowest BCUT2D eigenvalue weighted by Crippen LogP contribution is -1.83. The molecule has 0 aliphatic carbocycles. The normalized spacial score (nSPS) is 10.6. The van der Waals surface area contributed by atoms with Crippen molar-refractivity contribution >= 4 is 0 Å². The van der Waals surface area contributed by atoms with Gasteiger partial charge in [0, 0.05) is 11.6 Å². The molecule has 0 radical (unpaired) electrons. The van der Waals surface area contributed by atoms with E-state index in [9.17, 15) is 9.50 Å². The Morgan fingerprint density at radius 3 is 2.53 bits per heavy atom. The van der Waals surface area contributed by atoms with E-state index in [4.69, 9.17) is 4.52 Å². The summed E-state index contributed by atoms with van der Waals surface area (Å²) in [5.41, 5.74) is 1.98. The average molecular weight is 207 g/mol. The molecule has 2 aromatic rings. The summed E-state index contributed by atoms with van der Waals surface area (Å²) >= 11 is 0. The highest BCUT2D eigenvalue weighted by molar-refractivity contribution is 5.68. The second-order valence-electron chi connectivity index (χ2n) is 3.40.